The van der Waals surface area contributed by atoms with Crippen LogP contribution in [0.25, 0.3) is 0 Å². The smallest absolute Gasteiger partial charge is 0.208 e. The standard InChI is InChI=1S/C13H20N2O3S/c1-3-13(16)11-5-7-12(8-6-11)14-9-4-10-15-19(2,17)18/h5-8,14-15H,3-4,9-10H2,1-2H3. The zero-order valence-corrected chi connectivity index (χ0v) is 12.1. The lowest BCUT2D eigenvalue weighted by Gasteiger charge is -2.07. The van der Waals surface area contributed by atoms with Crippen molar-refractivity contribution in [1.82, 2.24) is 4.72 Å². The van der Waals surface area contributed by atoms with Crippen LogP contribution in [-0.4, -0.2) is 33.5 Å². The quantitative estimate of drug-likeness (QED) is 0.562. The SMILES string of the molecule is CCC(=O)c1ccc(NCCCNS(C)(=O)=O)cc1. The summed E-state index contributed by atoms with van der Waals surface area (Å²) in [7, 11) is -3.10. The molecule has 0 aromatic heterocycles. The van der Waals surface area contributed by atoms with Crippen LogP contribution in [-0.2, 0) is 10.0 Å². The molecule has 6 heteroatoms. The van der Waals surface area contributed by atoms with E-state index >= 15 is 0 Å². The van der Waals surface area contributed by atoms with Gasteiger partial charge in [0.2, 0.25) is 10.0 Å². The Morgan fingerprint density at radius 2 is 1.79 bits per heavy atom. The second-order valence-electron chi connectivity index (χ2n) is 4.30. The van der Waals surface area contributed by atoms with Gasteiger partial charge in [0.15, 0.2) is 5.78 Å². The van der Waals surface area contributed by atoms with E-state index in [4.69, 9.17) is 0 Å². The van der Waals surface area contributed by atoms with E-state index in [1.807, 2.05) is 19.1 Å². The van der Waals surface area contributed by atoms with E-state index in [1.165, 1.54) is 0 Å². The molecule has 0 atom stereocenters. The molecule has 1 aromatic carbocycles. The molecule has 0 aliphatic heterocycles. The van der Waals surface area contributed by atoms with Crippen molar-refractivity contribution >= 4 is 21.5 Å². The molecular weight excluding hydrogens is 264 g/mol. The Hall–Kier alpha value is -1.40. The number of hydrogen-bond donors (Lipinski definition) is 2. The number of ketones is 1. The predicted molar refractivity (Wildman–Crippen MR) is 77.0 cm³/mol. The molecule has 0 aliphatic carbocycles. The maximum atomic E-state index is 11.4. The minimum absolute atomic E-state index is 0.129. The van der Waals surface area contributed by atoms with E-state index in [1.54, 1.807) is 12.1 Å². The zero-order chi connectivity index (χ0) is 14.3. The van der Waals surface area contributed by atoms with Crippen molar-refractivity contribution in [2.75, 3.05) is 24.7 Å². The highest BCUT2D eigenvalue weighted by Gasteiger charge is 2.02. The topological polar surface area (TPSA) is 75.3 Å². The number of carbonyl (C=O) groups is 1. The average molecular weight is 284 g/mol. The molecule has 0 radical (unpaired) electrons. The van der Waals surface area contributed by atoms with Crippen molar-refractivity contribution < 1.29 is 13.2 Å². The molecule has 0 bridgehead atoms. The molecule has 0 unspecified atom stereocenters. The fourth-order valence-electron chi connectivity index (χ4n) is 1.56. The normalized spacial score (nSPS) is 11.3. The second-order valence-corrected chi connectivity index (χ2v) is 6.13. The summed E-state index contributed by atoms with van der Waals surface area (Å²) in [6, 6.07) is 7.30. The molecule has 1 rings (SSSR count). The lowest BCUT2D eigenvalue weighted by atomic mass is 10.1. The van der Waals surface area contributed by atoms with E-state index < -0.39 is 10.0 Å². The first-order valence-corrected chi connectivity index (χ1v) is 8.13. The van der Waals surface area contributed by atoms with Crippen LogP contribution in [0.1, 0.15) is 30.1 Å². The van der Waals surface area contributed by atoms with E-state index in [2.05, 4.69) is 10.0 Å². The molecule has 5 nitrogen and oxygen atoms in total. The van der Waals surface area contributed by atoms with Crippen molar-refractivity contribution in [3.63, 3.8) is 0 Å². The number of benzene rings is 1. The van der Waals surface area contributed by atoms with Crippen LogP contribution < -0.4 is 10.0 Å². The van der Waals surface area contributed by atoms with Gasteiger partial charge >= 0.3 is 0 Å². The molecule has 1 aromatic rings. The van der Waals surface area contributed by atoms with Crippen LogP contribution in [0.5, 0.6) is 0 Å². The molecule has 0 saturated carbocycles. The summed E-state index contributed by atoms with van der Waals surface area (Å²) < 4.78 is 24.1. The summed E-state index contributed by atoms with van der Waals surface area (Å²) in [6.45, 7) is 2.92. The fraction of sp³-hybridized carbons (Fsp3) is 0.462. The first-order valence-electron chi connectivity index (χ1n) is 6.24. The maximum Gasteiger partial charge on any atom is 0.208 e. The fourth-order valence-corrected chi connectivity index (χ4v) is 2.07. The van der Waals surface area contributed by atoms with E-state index in [9.17, 15) is 13.2 Å². The van der Waals surface area contributed by atoms with Crippen LogP contribution >= 0.6 is 0 Å². The number of Topliss-reactive ketones (excluding diaryl/α,β-unsaturated/α-hetero) is 1. The lowest BCUT2D eigenvalue weighted by molar-refractivity contribution is 0.0988. The van der Waals surface area contributed by atoms with Gasteiger partial charge in [0.1, 0.15) is 0 Å². The van der Waals surface area contributed by atoms with Crippen LogP contribution in [0.15, 0.2) is 24.3 Å². The van der Waals surface area contributed by atoms with E-state index in [-0.39, 0.29) is 5.78 Å². The van der Waals surface area contributed by atoms with E-state index in [0.717, 1.165) is 11.9 Å². The van der Waals surface area contributed by atoms with Gasteiger partial charge in [0, 0.05) is 30.8 Å². The first-order chi connectivity index (χ1) is 8.92. The third kappa shape index (κ3) is 6.35. The molecule has 0 amide bonds. The third-order valence-electron chi connectivity index (χ3n) is 2.57. The highest BCUT2D eigenvalue weighted by Crippen LogP contribution is 2.10. The number of anilines is 1. The van der Waals surface area contributed by atoms with Crippen molar-refractivity contribution in [2.24, 2.45) is 0 Å². The molecular formula is C13H20N2O3S. The van der Waals surface area contributed by atoms with Gasteiger partial charge in [-0.2, -0.15) is 0 Å². The third-order valence-corrected chi connectivity index (χ3v) is 3.30. The Bertz CT molecular complexity index is 509. The maximum absolute atomic E-state index is 11.4. The number of carbonyl (C=O) groups excluding carboxylic acids is 1. The Morgan fingerprint density at radius 1 is 1.16 bits per heavy atom. The molecule has 2 N–H and O–H groups in total. The van der Waals surface area contributed by atoms with Gasteiger partial charge in [0.05, 0.1) is 6.26 Å². The highest BCUT2D eigenvalue weighted by atomic mass is 32.2. The summed E-state index contributed by atoms with van der Waals surface area (Å²) in [4.78, 5) is 11.4. The highest BCUT2D eigenvalue weighted by molar-refractivity contribution is 7.88. The number of rotatable bonds is 8. The van der Waals surface area contributed by atoms with Gasteiger partial charge in [-0.15, -0.1) is 0 Å². The molecule has 19 heavy (non-hydrogen) atoms. The number of hydrogen-bond acceptors (Lipinski definition) is 4. The van der Waals surface area contributed by atoms with Crippen LogP contribution in [0.3, 0.4) is 0 Å². The van der Waals surface area contributed by atoms with Gasteiger partial charge in [-0.3, -0.25) is 4.79 Å². The van der Waals surface area contributed by atoms with Crippen LogP contribution in [0.4, 0.5) is 5.69 Å². The molecule has 0 fully saturated rings. The number of nitrogens with one attached hydrogen (secondary N) is 2. The summed E-state index contributed by atoms with van der Waals surface area (Å²) >= 11 is 0. The molecule has 0 spiro atoms. The molecule has 0 aliphatic rings. The van der Waals surface area contributed by atoms with Gasteiger partial charge in [-0.25, -0.2) is 13.1 Å². The summed E-state index contributed by atoms with van der Waals surface area (Å²) in [5.74, 6) is 0.129. The van der Waals surface area contributed by atoms with Crippen molar-refractivity contribution in [1.29, 1.82) is 0 Å². The Labute approximate surface area is 114 Å². The summed E-state index contributed by atoms with van der Waals surface area (Å²) in [5, 5.41) is 3.17. The minimum Gasteiger partial charge on any atom is -0.385 e. The van der Waals surface area contributed by atoms with Gasteiger partial charge < -0.3 is 5.32 Å². The number of sulfonamides is 1. The zero-order valence-electron chi connectivity index (χ0n) is 11.3. The summed E-state index contributed by atoms with van der Waals surface area (Å²) in [5.41, 5.74) is 1.64. The van der Waals surface area contributed by atoms with E-state index in [0.29, 0.717) is 31.5 Å². The Morgan fingerprint density at radius 3 is 2.32 bits per heavy atom. The van der Waals surface area contributed by atoms with Crippen molar-refractivity contribution in [3.8, 4) is 0 Å². The largest absolute Gasteiger partial charge is 0.385 e. The van der Waals surface area contributed by atoms with Crippen LogP contribution in [0.2, 0.25) is 0 Å². The van der Waals surface area contributed by atoms with Gasteiger partial charge in [-0.1, -0.05) is 6.92 Å². The van der Waals surface area contributed by atoms with Crippen molar-refractivity contribution in [2.45, 2.75) is 19.8 Å². The average Bonchev–Trinajstić information content (AvgIpc) is 2.37. The van der Waals surface area contributed by atoms with Crippen LogP contribution in [0, 0.1) is 0 Å². The lowest BCUT2D eigenvalue weighted by Crippen LogP contribution is -2.24. The van der Waals surface area contributed by atoms with Gasteiger partial charge in [-0.05, 0) is 30.7 Å². The Kier molecular flexibility index (Phi) is 5.98. The van der Waals surface area contributed by atoms with Crippen molar-refractivity contribution in [3.05, 3.63) is 29.8 Å². The Balaban J connectivity index is 2.32. The van der Waals surface area contributed by atoms with Gasteiger partial charge in [0.25, 0.3) is 0 Å². The molecule has 0 saturated heterocycles. The predicted octanol–water partition coefficient (Wildman–Crippen LogP) is 1.63. The molecule has 106 valence electrons. The second kappa shape index (κ2) is 7.25. The monoisotopic (exact) mass is 284 g/mol. The summed E-state index contributed by atoms with van der Waals surface area (Å²) in [6.07, 6.45) is 2.34. The first kappa shape index (κ1) is 15.7. The molecule has 0 heterocycles. The minimum atomic E-state index is -3.10.